The molecule has 5 aromatic rings. The average Bonchev–Trinajstić information content (AvgIpc) is 4.29. The molecule has 2 N–H and O–H groups in total. The van der Waals surface area contributed by atoms with E-state index in [1.807, 2.05) is 152 Å². The summed E-state index contributed by atoms with van der Waals surface area (Å²) in [6.45, 7) is 10.4. The molecular weight excluding hydrogens is 1000 g/mol. The molecule has 0 bridgehead atoms. The van der Waals surface area contributed by atoms with Gasteiger partial charge in [-0.1, -0.05) is 152 Å². The van der Waals surface area contributed by atoms with Gasteiger partial charge in [-0.15, -0.1) is 0 Å². The van der Waals surface area contributed by atoms with Gasteiger partial charge in [-0.05, 0) is 48.6 Å². The molecule has 1 saturated heterocycles. The number of epoxide rings is 1. The summed E-state index contributed by atoms with van der Waals surface area (Å²) in [6.07, 6.45) is -3.42. The van der Waals surface area contributed by atoms with Gasteiger partial charge in [0, 0.05) is 13.1 Å². The van der Waals surface area contributed by atoms with Gasteiger partial charge in [-0.25, -0.2) is 9.59 Å². The topological polar surface area (TPSA) is 181 Å². The molecule has 5 aromatic carbocycles. The van der Waals surface area contributed by atoms with E-state index >= 15 is 0 Å². The van der Waals surface area contributed by atoms with Crippen LogP contribution in [0.1, 0.15) is 48.6 Å². The van der Waals surface area contributed by atoms with Crippen molar-refractivity contribution in [2.24, 2.45) is 0 Å². The average molecular weight is 1080 g/mol. The minimum Gasteiger partial charge on any atom is -0.447 e. The lowest BCUT2D eigenvalue weighted by atomic mass is 10.2. The summed E-state index contributed by atoms with van der Waals surface area (Å²) in [5.74, 6) is 0. The predicted octanol–water partition coefficient (Wildman–Crippen LogP) is 8.65. The highest BCUT2D eigenvalue weighted by Gasteiger charge is 2.24. The molecule has 17 nitrogen and oxygen atoms in total. The van der Waals surface area contributed by atoms with Gasteiger partial charge in [0.1, 0.15) is 48.8 Å². The van der Waals surface area contributed by atoms with Crippen LogP contribution in [0.2, 0.25) is 0 Å². The van der Waals surface area contributed by atoms with E-state index in [1.165, 1.54) is 0 Å². The molecule has 424 valence electrons. The Morgan fingerprint density at radius 2 is 0.692 bits per heavy atom. The molecule has 0 saturated carbocycles. The Morgan fingerprint density at radius 1 is 0.423 bits per heavy atom. The van der Waals surface area contributed by atoms with Gasteiger partial charge in [0.15, 0.2) is 0 Å². The van der Waals surface area contributed by atoms with Gasteiger partial charge in [0.25, 0.3) is 0 Å². The fourth-order valence-electron chi connectivity index (χ4n) is 7.35. The second-order valence-electron chi connectivity index (χ2n) is 19.7. The van der Waals surface area contributed by atoms with E-state index in [9.17, 15) is 9.59 Å². The maximum Gasteiger partial charge on any atom is 0.407 e. The number of ether oxygens (including phenoxy) is 13. The van der Waals surface area contributed by atoms with Crippen molar-refractivity contribution in [3.8, 4) is 0 Å². The number of carbonyl (C=O) groups excluding carboxylic acids is 2. The Hall–Kier alpha value is -5.80. The number of hydrogen-bond acceptors (Lipinski definition) is 15. The lowest BCUT2D eigenvalue weighted by Crippen LogP contribution is -2.39. The minimum atomic E-state index is -0.668. The van der Waals surface area contributed by atoms with Crippen molar-refractivity contribution in [1.82, 2.24) is 10.6 Å². The van der Waals surface area contributed by atoms with E-state index in [1.54, 1.807) is 20.8 Å². The Morgan fingerprint density at radius 3 is 0.974 bits per heavy atom. The first-order chi connectivity index (χ1) is 38.1. The fraction of sp³-hybridized carbons (Fsp3) is 0.475. The zero-order valence-electron chi connectivity index (χ0n) is 45.5. The van der Waals surface area contributed by atoms with E-state index in [4.69, 9.17) is 61.6 Å². The summed E-state index contributed by atoms with van der Waals surface area (Å²) in [5.41, 5.74) is 4.40. The van der Waals surface area contributed by atoms with Crippen LogP contribution in [0.5, 0.6) is 0 Å². The van der Waals surface area contributed by atoms with E-state index in [-0.39, 0.29) is 84.8 Å². The number of rotatable bonds is 40. The third-order valence-electron chi connectivity index (χ3n) is 11.5. The molecule has 1 aliphatic heterocycles. The standard InChI is InChI=1S/C61H80N2O15/c1-61(2,3)78-60(65)63-30-29-62-59(64)77-47-58(75-35-52-27-17-8-18-28-52)45-70-43-56(74-34-51-25-15-7-16-26-51)41-68-39-54(72-32-49-21-11-5-12-22-49)37-66-36-53(71-31-48-19-9-4-10-20-48)38-67-40-55(42-69-44-57-46-76-57)73-33-50-23-13-6-14-24-50/h4-28,53-58H,29-47H2,1-3H3,(H,62,64)(H,63,65). The number of amides is 2. The zero-order valence-corrected chi connectivity index (χ0v) is 45.5. The molecule has 0 aromatic heterocycles. The van der Waals surface area contributed by atoms with E-state index < -0.39 is 42.2 Å². The van der Waals surface area contributed by atoms with Crippen LogP contribution in [0.25, 0.3) is 0 Å². The smallest absolute Gasteiger partial charge is 0.407 e. The molecule has 6 unspecified atom stereocenters. The van der Waals surface area contributed by atoms with Gasteiger partial charge in [-0.3, -0.25) is 0 Å². The second kappa shape index (κ2) is 36.4. The summed E-state index contributed by atoms with van der Waals surface area (Å²) >= 11 is 0. The maximum absolute atomic E-state index is 12.7. The number of hydrogen-bond donors (Lipinski definition) is 2. The first-order valence-electron chi connectivity index (χ1n) is 26.8. The van der Waals surface area contributed by atoms with Crippen molar-refractivity contribution in [3.63, 3.8) is 0 Å². The van der Waals surface area contributed by atoms with Crippen LogP contribution >= 0.6 is 0 Å². The molecule has 6 atom stereocenters. The molecule has 1 fully saturated rings. The quantitative estimate of drug-likeness (QED) is 0.0281. The zero-order chi connectivity index (χ0) is 54.7. The number of alkyl carbamates (subject to hydrolysis) is 2. The molecule has 1 heterocycles. The normalized spacial score (nSPS) is 15.1. The third kappa shape index (κ3) is 28.2. The first-order valence-corrected chi connectivity index (χ1v) is 26.8. The van der Waals surface area contributed by atoms with Crippen LogP contribution in [-0.2, 0) is 94.6 Å². The molecule has 0 radical (unpaired) electrons. The molecular formula is C61H80N2O15. The van der Waals surface area contributed by atoms with Gasteiger partial charge in [-0.2, -0.15) is 0 Å². The first kappa shape index (κ1) is 61.4. The highest BCUT2D eigenvalue weighted by atomic mass is 16.6. The van der Waals surface area contributed by atoms with Gasteiger partial charge in [0.05, 0.1) is 106 Å². The van der Waals surface area contributed by atoms with Crippen molar-refractivity contribution in [2.45, 2.75) is 96.0 Å². The highest BCUT2D eigenvalue weighted by molar-refractivity contribution is 5.68. The molecule has 2 amide bonds. The Bertz CT molecular complexity index is 2310. The largest absolute Gasteiger partial charge is 0.447 e. The summed E-state index contributed by atoms with van der Waals surface area (Å²) < 4.78 is 79.1. The number of carbonyl (C=O) groups is 2. The molecule has 6 rings (SSSR count). The number of benzene rings is 5. The van der Waals surface area contributed by atoms with Crippen molar-refractivity contribution in [3.05, 3.63) is 179 Å². The van der Waals surface area contributed by atoms with E-state index in [2.05, 4.69) is 10.6 Å². The van der Waals surface area contributed by atoms with Crippen molar-refractivity contribution < 1.29 is 71.2 Å². The summed E-state index contributed by atoms with van der Waals surface area (Å²) in [6, 6.07) is 49.5. The molecule has 1 aliphatic rings. The van der Waals surface area contributed by atoms with Crippen molar-refractivity contribution >= 4 is 12.2 Å². The third-order valence-corrected chi connectivity index (χ3v) is 11.5. The molecule has 78 heavy (non-hydrogen) atoms. The van der Waals surface area contributed by atoms with Gasteiger partial charge < -0.3 is 72.2 Å². The summed E-state index contributed by atoms with van der Waals surface area (Å²) in [4.78, 5) is 24.7. The van der Waals surface area contributed by atoms with Gasteiger partial charge >= 0.3 is 12.2 Å². The predicted molar refractivity (Wildman–Crippen MR) is 293 cm³/mol. The van der Waals surface area contributed by atoms with Crippen LogP contribution in [-0.4, -0.2) is 147 Å². The SMILES string of the molecule is CC(C)(C)OC(=O)NCCNC(=O)OCC(COCC(COCC(COCC(COCC(COCC1CO1)OCc1ccccc1)OCc1ccccc1)OCc1ccccc1)OCc1ccccc1)OCc1ccccc1. The van der Waals surface area contributed by atoms with E-state index in [0.29, 0.717) is 52.9 Å². The lowest BCUT2D eigenvalue weighted by molar-refractivity contribution is -0.125. The highest BCUT2D eigenvalue weighted by Crippen LogP contribution is 2.14. The summed E-state index contributed by atoms with van der Waals surface area (Å²) in [7, 11) is 0. The Labute approximate surface area is 460 Å². The van der Waals surface area contributed by atoms with Crippen LogP contribution in [0.4, 0.5) is 9.59 Å². The molecule has 17 heteroatoms. The van der Waals surface area contributed by atoms with Crippen LogP contribution in [0.15, 0.2) is 152 Å². The van der Waals surface area contributed by atoms with E-state index in [0.717, 1.165) is 27.8 Å². The van der Waals surface area contributed by atoms with Crippen LogP contribution < -0.4 is 10.6 Å². The van der Waals surface area contributed by atoms with Crippen LogP contribution in [0, 0.1) is 0 Å². The Balaban J connectivity index is 1.03. The Kier molecular flexibility index (Phi) is 28.6. The second-order valence-corrected chi connectivity index (χ2v) is 19.7. The maximum atomic E-state index is 12.7. The van der Waals surface area contributed by atoms with Crippen LogP contribution in [0.3, 0.4) is 0 Å². The monoisotopic (exact) mass is 1080 g/mol. The summed E-state index contributed by atoms with van der Waals surface area (Å²) in [5, 5.41) is 5.25. The number of nitrogens with one attached hydrogen (secondary N) is 2. The minimum absolute atomic E-state index is 0.0877. The molecule has 0 aliphatic carbocycles. The van der Waals surface area contributed by atoms with Crippen molar-refractivity contribution in [2.75, 3.05) is 92.4 Å². The molecule has 0 spiro atoms. The lowest BCUT2D eigenvalue weighted by Gasteiger charge is -2.24. The van der Waals surface area contributed by atoms with Gasteiger partial charge in [0.2, 0.25) is 0 Å². The fourth-order valence-corrected chi connectivity index (χ4v) is 7.35. The van der Waals surface area contributed by atoms with Crippen molar-refractivity contribution in [1.29, 1.82) is 0 Å².